The summed E-state index contributed by atoms with van der Waals surface area (Å²) in [6, 6.07) is 15.6. The van der Waals surface area contributed by atoms with Gasteiger partial charge in [-0.25, -0.2) is 4.98 Å². The van der Waals surface area contributed by atoms with Gasteiger partial charge in [0.1, 0.15) is 5.82 Å². The average Bonchev–Trinajstić information content (AvgIpc) is 2.62. The van der Waals surface area contributed by atoms with Crippen LogP contribution in [0.1, 0.15) is 30.7 Å². The van der Waals surface area contributed by atoms with Crippen molar-refractivity contribution in [2.75, 3.05) is 16.0 Å². The molecule has 1 aromatic heterocycles. The molecule has 0 fully saturated rings. The molecule has 0 bridgehead atoms. The van der Waals surface area contributed by atoms with Gasteiger partial charge in [0, 0.05) is 35.7 Å². The first-order chi connectivity index (χ1) is 13.4. The number of aromatic nitrogens is 2. The van der Waals surface area contributed by atoms with Crippen molar-refractivity contribution < 1.29 is 4.79 Å². The van der Waals surface area contributed by atoms with Crippen molar-refractivity contribution in [1.82, 2.24) is 9.97 Å². The second kappa shape index (κ2) is 8.52. The fourth-order valence-corrected chi connectivity index (χ4v) is 3.03. The maximum Gasteiger partial charge on any atom is 0.229 e. The minimum atomic E-state index is -0.111. The van der Waals surface area contributed by atoms with E-state index in [0.29, 0.717) is 5.95 Å². The lowest BCUT2D eigenvalue weighted by Gasteiger charge is -2.15. The predicted octanol–water partition coefficient (Wildman–Crippen LogP) is 5.10. The summed E-state index contributed by atoms with van der Waals surface area (Å²) in [6.07, 6.45) is 0.940. The van der Waals surface area contributed by atoms with E-state index in [0.717, 1.165) is 35.0 Å². The van der Waals surface area contributed by atoms with Gasteiger partial charge in [-0.3, -0.25) is 4.79 Å². The van der Waals surface area contributed by atoms with Gasteiger partial charge in [0.2, 0.25) is 11.9 Å². The number of hydrogen-bond donors (Lipinski definition) is 3. The van der Waals surface area contributed by atoms with Crippen molar-refractivity contribution in [3.05, 3.63) is 65.4 Å². The maximum atomic E-state index is 11.3. The van der Waals surface area contributed by atoms with Crippen molar-refractivity contribution in [3.8, 4) is 0 Å². The predicted molar refractivity (Wildman–Crippen MR) is 115 cm³/mol. The van der Waals surface area contributed by atoms with Gasteiger partial charge in [0.15, 0.2) is 0 Å². The fourth-order valence-electron chi connectivity index (χ4n) is 3.03. The van der Waals surface area contributed by atoms with E-state index in [-0.39, 0.29) is 5.91 Å². The third kappa shape index (κ3) is 4.85. The molecule has 2 aromatic carbocycles. The van der Waals surface area contributed by atoms with Crippen molar-refractivity contribution in [3.63, 3.8) is 0 Å². The Bertz CT molecular complexity index is 1000. The zero-order valence-electron chi connectivity index (χ0n) is 16.6. The molecule has 0 unspecified atom stereocenters. The minimum Gasteiger partial charge on any atom is -0.340 e. The zero-order chi connectivity index (χ0) is 20.1. The molecular weight excluding hydrogens is 350 g/mol. The van der Waals surface area contributed by atoms with Gasteiger partial charge in [0.05, 0.1) is 0 Å². The highest BCUT2D eigenvalue weighted by Gasteiger charge is 2.08. The molecule has 6 heteroatoms. The molecule has 0 aliphatic rings. The fraction of sp³-hybridized carbons (Fsp3) is 0.227. The lowest BCUT2D eigenvalue weighted by molar-refractivity contribution is -0.114. The largest absolute Gasteiger partial charge is 0.340 e. The number of hydrogen-bond acceptors (Lipinski definition) is 5. The first-order valence-electron chi connectivity index (χ1n) is 9.30. The number of carbonyl (C=O) groups is 1. The van der Waals surface area contributed by atoms with Crippen LogP contribution in [-0.2, 0) is 11.2 Å². The lowest BCUT2D eigenvalue weighted by Crippen LogP contribution is -2.06. The summed E-state index contributed by atoms with van der Waals surface area (Å²) in [5.74, 6) is 1.12. The second-order valence-corrected chi connectivity index (χ2v) is 6.69. The summed E-state index contributed by atoms with van der Waals surface area (Å²) in [5, 5.41) is 9.44. The molecular formula is C22H25N5O. The van der Waals surface area contributed by atoms with Crippen molar-refractivity contribution in [2.24, 2.45) is 0 Å². The number of benzene rings is 2. The summed E-state index contributed by atoms with van der Waals surface area (Å²) in [7, 11) is 0. The Labute approximate surface area is 165 Å². The van der Waals surface area contributed by atoms with E-state index in [1.807, 2.05) is 37.3 Å². The Morgan fingerprint density at radius 3 is 2.46 bits per heavy atom. The molecule has 6 nitrogen and oxygen atoms in total. The number of anilines is 5. The molecule has 0 atom stereocenters. The SMILES string of the molecule is CCc1cccc(C)c1Nc1cc(C)nc(Nc2cccc(NC(C)=O)c2)n1. The molecule has 3 aromatic rings. The maximum absolute atomic E-state index is 11.3. The van der Waals surface area contributed by atoms with Gasteiger partial charge in [-0.15, -0.1) is 0 Å². The van der Waals surface area contributed by atoms with Gasteiger partial charge in [-0.1, -0.05) is 31.2 Å². The minimum absolute atomic E-state index is 0.111. The number of para-hydroxylation sites is 1. The summed E-state index contributed by atoms with van der Waals surface area (Å²) in [6.45, 7) is 7.64. The highest BCUT2D eigenvalue weighted by Crippen LogP contribution is 2.26. The van der Waals surface area contributed by atoms with Gasteiger partial charge in [-0.05, 0) is 49.6 Å². The summed E-state index contributed by atoms with van der Waals surface area (Å²) in [4.78, 5) is 20.3. The molecule has 0 radical (unpaired) electrons. The highest BCUT2D eigenvalue weighted by atomic mass is 16.1. The van der Waals surface area contributed by atoms with Crippen LogP contribution >= 0.6 is 0 Å². The molecule has 144 valence electrons. The molecule has 3 rings (SSSR count). The number of carbonyl (C=O) groups excluding carboxylic acids is 1. The summed E-state index contributed by atoms with van der Waals surface area (Å²) in [5.41, 5.74) is 5.87. The molecule has 1 amide bonds. The normalized spacial score (nSPS) is 10.4. The van der Waals surface area contributed by atoms with Crippen LogP contribution in [0.25, 0.3) is 0 Å². The number of amides is 1. The first kappa shape index (κ1) is 19.4. The third-order valence-electron chi connectivity index (χ3n) is 4.29. The van der Waals surface area contributed by atoms with Crippen LogP contribution in [0.3, 0.4) is 0 Å². The molecule has 0 aliphatic carbocycles. The third-order valence-corrected chi connectivity index (χ3v) is 4.29. The Kier molecular flexibility index (Phi) is 5.89. The van der Waals surface area contributed by atoms with Crippen LogP contribution in [-0.4, -0.2) is 15.9 Å². The Morgan fingerprint density at radius 2 is 1.71 bits per heavy atom. The Morgan fingerprint density at radius 1 is 0.964 bits per heavy atom. The van der Waals surface area contributed by atoms with Crippen LogP contribution < -0.4 is 16.0 Å². The standard InChI is InChI=1S/C22H25N5O/c1-5-17-9-6-8-14(2)21(17)26-20-12-15(3)23-22(27-20)25-19-11-7-10-18(13-19)24-16(4)28/h6-13H,5H2,1-4H3,(H,24,28)(H2,23,25,26,27). The number of aryl methyl sites for hydroxylation is 3. The van der Waals surface area contributed by atoms with E-state index < -0.39 is 0 Å². The van der Waals surface area contributed by atoms with Crippen LogP contribution in [0.4, 0.5) is 28.8 Å². The van der Waals surface area contributed by atoms with E-state index in [1.54, 1.807) is 0 Å². The van der Waals surface area contributed by atoms with Crippen LogP contribution in [0, 0.1) is 13.8 Å². The second-order valence-electron chi connectivity index (χ2n) is 6.69. The lowest BCUT2D eigenvalue weighted by atomic mass is 10.1. The molecule has 0 aliphatic heterocycles. The zero-order valence-corrected chi connectivity index (χ0v) is 16.6. The molecule has 0 saturated carbocycles. The van der Waals surface area contributed by atoms with E-state index >= 15 is 0 Å². The van der Waals surface area contributed by atoms with E-state index in [4.69, 9.17) is 0 Å². The van der Waals surface area contributed by atoms with Crippen molar-refractivity contribution in [2.45, 2.75) is 34.1 Å². The van der Waals surface area contributed by atoms with Gasteiger partial charge >= 0.3 is 0 Å². The summed E-state index contributed by atoms with van der Waals surface area (Å²) >= 11 is 0. The number of nitrogens with one attached hydrogen (secondary N) is 3. The van der Waals surface area contributed by atoms with Crippen LogP contribution in [0.5, 0.6) is 0 Å². The monoisotopic (exact) mass is 375 g/mol. The highest BCUT2D eigenvalue weighted by molar-refractivity contribution is 5.89. The van der Waals surface area contributed by atoms with Gasteiger partial charge < -0.3 is 16.0 Å². The Balaban J connectivity index is 1.86. The summed E-state index contributed by atoms with van der Waals surface area (Å²) < 4.78 is 0. The number of nitrogens with zero attached hydrogens (tertiary/aromatic N) is 2. The number of rotatable bonds is 6. The van der Waals surface area contributed by atoms with Gasteiger partial charge in [0.25, 0.3) is 0 Å². The smallest absolute Gasteiger partial charge is 0.229 e. The first-order valence-corrected chi connectivity index (χ1v) is 9.30. The molecule has 3 N–H and O–H groups in total. The van der Waals surface area contributed by atoms with E-state index in [2.05, 4.69) is 58.0 Å². The Hall–Kier alpha value is -3.41. The molecule has 0 saturated heterocycles. The van der Waals surface area contributed by atoms with Crippen molar-refractivity contribution >= 4 is 34.7 Å². The van der Waals surface area contributed by atoms with Crippen LogP contribution in [0.2, 0.25) is 0 Å². The molecule has 0 spiro atoms. The van der Waals surface area contributed by atoms with Gasteiger partial charge in [-0.2, -0.15) is 4.98 Å². The van der Waals surface area contributed by atoms with Crippen molar-refractivity contribution in [1.29, 1.82) is 0 Å². The van der Waals surface area contributed by atoms with E-state index in [1.165, 1.54) is 18.1 Å². The molecule has 1 heterocycles. The quantitative estimate of drug-likeness (QED) is 0.558. The topological polar surface area (TPSA) is 78.9 Å². The molecule has 28 heavy (non-hydrogen) atoms. The van der Waals surface area contributed by atoms with Crippen LogP contribution in [0.15, 0.2) is 48.5 Å². The average molecular weight is 375 g/mol. The van der Waals surface area contributed by atoms with E-state index in [9.17, 15) is 4.79 Å².